The van der Waals surface area contributed by atoms with Crippen molar-refractivity contribution in [2.24, 2.45) is 0 Å². The number of amides is 1. The van der Waals surface area contributed by atoms with Crippen LogP contribution in [-0.4, -0.2) is 26.9 Å². The number of rotatable bonds is 6. The highest BCUT2D eigenvalue weighted by atomic mass is 79.9. The zero-order valence-corrected chi connectivity index (χ0v) is 19.0. The van der Waals surface area contributed by atoms with E-state index in [4.69, 9.17) is 0 Å². The molecule has 1 fully saturated rings. The van der Waals surface area contributed by atoms with Crippen LogP contribution in [0.1, 0.15) is 44.1 Å². The quantitative estimate of drug-likeness (QED) is 0.606. The molecule has 0 unspecified atom stereocenters. The fraction of sp³-hybridized carbons (Fsp3) is 0.409. The van der Waals surface area contributed by atoms with Gasteiger partial charge in [-0.3, -0.25) is 9.10 Å². The maximum absolute atomic E-state index is 13.3. The summed E-state index contributed by atoms with van der Waals surface area (Å²) in [5, 5.41) is 3.05. The Kier molecular flexibility index (Phi) is 7.35. The molecule has 0 spiro atoms. The van der Waals surface area contributed by atoms with Crippen LogP contribution in [0.4, 0.5) is 5.69 Å². The molecule has 2 aromatic rings. The second-order valence-corrected chi connectivity index (χ2v) is 10.3. The van der Waals surface area contributed by atoms with Crippen molar-refractivity contribution < 1.29 is 13.2 Å². The smallest absolute Gasteiger partial charge is 0.264 e. The highest BCUT2D eigenvalue weighted by molar-refractivity contribution is 9.10. The SMILES string of the molecule is Cc1ccc(S(=O)(=O)N(CC(=O)NC2CCCCCC2)c2ccc(Br)cc2)cc1. The summed E-state index contributed by atoms with van der Waals surface area (Å²) in [5.74, 6) is -0.268. The van der Waals surface area contributed by atoms with Gasteiger partial charge in [0.2, 0.25) is 5.91 Å². The third-order valence-electron chi connectivity index (χ3n) is 5.23. The van der Waals surface area contributed by atoms with Crippen LogP contribution in [0.15, 0.2) is 57.9 Å². The molecule has 0 saturated heterocycles. The van der Waals surface area contributed by atoms with E-state index >= 15 is 0 Å². The molecule has 29 heavy (non-hydrogen) atoms. The van der Waals surface area contributed by atoms with E-state index in [9.17, 15) is 13.2 Å². The molecule has 1 amide bonds. The van der Waals surface area contributed by atoms with Crippen molar-refractivity contribution in [2.75, 3.05) is 10.8 Å². The van der Waals surface area contributed by atoms with E-state index in [1.807, 2.05) is 6.92 Å². The van der Waals surface area contributed by atoms with Crippen molar-refractivity contribution in [1.82, 2.24) is 5.32 Å². The summed E-state index contributed by atoms with van der Waals surface area (Å²) >= 11 is 3.37. The number of sulfonamides is 1. The minimum Gasteiger partial charge on any atom is -0.352 e. The Bertz CT molecular complexity index is 920. The zero-order valence-electron chi connectivity index (χ0n) is 16.6. The Labute approximate surface area is 181 Å². The highest BCUT2D eigenvalue weighted by Gasteiger charge is 2.28. The number of benzene rings is 2. The van der Waals surface area contributed by atoms with Gasteiger partial charge in [-0.1, -0.05) is 59.3 Å². The van der Waals surface area contributed by atoms with Crippen molar-refractivity contribution in [3.8, 4) is 0 Å². The van der Waals surface area contributed by atoms with Gasteiger partial charge in [-0.25, -0.2) is 8.42 Å². The monoisotopic (exact) mass is 478 g/mol. The largest absolute Gasteiger partial charge is 0.352 e. The summed E-state index contributed by atoms with van der Waals surface area (Å²) in [5.41, 5.74) is 1.44. The molecule has 1 saturated carbocycles. The number of hydrogen-bond donors (Lipinski definition) is 1. The number of nitrogens with one attached hydrogen (secondary N) is 1. The van der Waals surface area contributed by atoms with Gasteiger partial charge in [0.05, 0.1) is 10.6 Å². The van der Waals surface area contributed by atoms with E-state index in [2.05, 4.69) is 21.2 Å². The highest BCUT2D eigenvalue weighted by Crippen LogP contribution is 2.26. The van der Waals surface area contributed by atoms with Gasteiger partial charge in [0.1, 0.15) is 6.54 Å². The van der Waals surface area contributed by atoms with Gasteiger partial charge >= 0.3 is 0 Å². The van der Waals surface area contributed by atoms with Gasteiger partial charge < -0.3 is 5.32 Å². The molecule has 0 aromatic heterocycles. The fourth-order valence-corrected chi connectivity index (χ4v) is 5.27. The number of carbonyl (C=O) groups is 1. The number of carbonyl (C=O) groups excluding carboxylic acids is 1. The molecule has 7 heteroatoms. The molecule has 3 rings (SSSR count). The number of anilines is 1. The van der Waals surface area contributed by atoms with Gasteiger partial charge in [-0.2, -0.15) is 0 Å². The molecule has 0 bridgehead atoms. The van der Waals surface area contributed by atoms with Gasteiger partial charge in [0.25, 0.3) is 10.0 Å². The lowest BCUT2D eigenvalue weighted by atomic mass is 10.1. The predicted octanol–water partition coefficient (Wildman–Crippen LogP) is 4.79. The van der Waals surface area contributed by atoms with E-state index in [-0.39, 0.29) is 23.4 Å². The third-order valence-corrected chi connectivity index (χ3v) is 7.55. The lowest BCUT2D eigenvalue weighted by Gasteiger charge is -2.25. The molecule has 0 heterocycles. The molecule has 5 nitrogen and oxygen atoms in total. The molecule has 156 valence electrons. The Morgan fingerprint density at radius 1 is 1.00 bits per heavy atom. The first-order chi connectivity index (χ1) is 13.9. The van der Waals surface area contributed by atoms with E-state index in [1.54, 1.807) is 48.5 Å². The molecule has 1 aliphatic carbocycles. The third kappa shape index (κ3) is 5.82. The maximum Gasteiger partial charge on any atom is 0.264 e. The Morgan fingerprint density at radius 2 is 1.59 bits per heavy atom. The van der Waals surface area contributed by atoms with Crippen LogP contribution in [0.2, 0.25) is 0 Å². The molecule has 2 aromatic carbocycles. The van der Waals surface area contributed by atoms with Crippen molar-refractivity contribution in [3.05, 3.63) is 58.6 Å². The summed E-state index contributed by atoms with van der Waals surface area (Å²) in [6.07, 6.45) is 6.49. The maximum atomic E-state index is 13.3. The summed E-state index contributed by atoms with van der Waals surface area (Å²) in [4.78, 5) is 13.0. The van der Waals surface area contributed by atoms with Crippen LogP contribution in [0.25, 0.3) is 0 Å². The zero-order chi connectivity index (χ0) is 20.9. The average molecular weight is 479 g/mol. The minimum atomic E-state index is -3.87. The molecule has 1 N–H and O–H groups in total. The molecule has 1 aliphatic rings. The molecule has 0 atom stereocenters. The van der Waals surface area contributed by atoms with Crippen molar-refractivity contribution in [2.45, 2.75) is 56.4 Å². The van der Waals surface area contributed by atoms with E-state index in [1.165, 1.54) is 17.1 Å². The summed E-state index contributed by atoms with van der Waals surface area (Å²) in [6, 6.07) is 13.8. The lowest BCUT2D eigenvalue weighted by molar-refractivity contribution is -0.120. The average Bonchev–Trinajstić information content (AvgIpc) is 2.96. The first-order valence-electron chi connectivity index (χ1n) is 10.0. The van der Waals surface area contributed by atoms with Crippen LogP contribution in [0.5, 0.6) is 0 Å². The number of hydrogen-bond acceptors (Lipinski definition) is 3. The fourth-order valence-electron chi connectivity index (χ4n) is 3.59. The van der Waals surface area contributed by atoms with Gasteiger partial charge in [-0.15, -0.1) is 0 Å². The van der Waals surface area contributed by atoms with Crippen LogP contribution in [0, 0.1) is 6.92 Å². The molecule has 0 aliphatic heterocycles. The Hall–Kier alpha value is -1.86. The summed E-state index contributed by atoms with van der Waals surface area (Å²) < 4.78 is 28.7. The lowest BCUT2D eigenvalue weighted by Crippen LogP contribution is -2.44. The molecular formula is C22H27BrN2O3S. The Balaban J connectivity index is 1.85. The number of aryl methyl sites for hydroxylation is 1. The van der Waals surface area contributed by atoms with Crippen LogP contribution in [0.3, 0.4) is 0 Å². The van der Waals surface area contributed by atoms with E-state index < -0.39 is 10.0 Å². The summed E-state index contributed by atoms with van der Waals surface area (Å²) in [7, 11) is -3.87. The minimum absolute atomic E-state index is 0.124. The first kappa shape index (κ1) is 21.8. The molecular weight excluding hydrogens is 452 g/mol. The van der Waals surface area contributed by atoms with Crippen molar-refractivity contribution in [3.63, 3.8) is 0 Å². The van der Waals surface area contributed by atoms with Crippen LogP contribution in [-0.2, 0) is 14.8 Å². The first-order valence-corrected chi connectivity index (χ1v) is 12.2. The van der Waals surface area contributed by atoms with Crippen LogP contribution >= 0.6 is 15.9 Å². The standard InChI is InChI=1S/C22H27BrN2O3S/c1-17-8-14-21(15-9-17)29(27,28)25(20-12-10-18(23)11-13-20)16-22(26)24-19-6-4-2-3-5-7-19/h8-15,19H,2-7,16H2,1H3,(H,24,26). The summed E-state index contributed by atoms with van der Waals surface area (Å²) in [6.45, 7) is 1.66. The second kappa shape index (κ2) is 9.76. The Morgan fingerprint density at radius 3 is 2.17 bits per heavy atom. The van der Waals surface area contributed by atoms with Gasteiger partial charge in [-0.05, 0) is 56.2 Å². The van der Waals surface area contributed by atoms with E-state index in [0.717, 1.165) is 35.7 Å². The topological polar surface area (TPSA) is 66.5 Å². The second-order valence-electron chi connectivity index (χ2n) is 7.56. The van der Waals surface area contributed by atoms with Gasteiger partial charge in [0, 0.05) is 10.5 Å². The van der Waals surface area contributed by atoms with Gasteiger partial charge in [0.15, 0.2) is 0 Å². The molecule has 0 radical (unpaired) electrons. The van der Waals surface area contributed by atoms with Crippen molar-refractivity contribution in [1.29, 1.82) is 0 Å². The predicted molar refractivity (Wildman–Crippen MR) is 119 cm³/mol. The number of nitrogens with zero attached hydrogens (tertiary/aromatic N) is 1. The number of halogens is 1. The van der Waals surface area contributed by atoms with Crippen LogP contribution < -0.4 is 9.62 Å². The van der Waals surface area contributed by atoms with Crippen molar-refractivity contribution >= 4 is 37.5 Å². The normalized spacial score (nSPS) is 15.5. The van der Waals surface area contributed by atoms with E-state index in [0.29, 0.717) is 5.69 Å².